The van der Waals surface area contributed by atoms with E-state index in [-0.39, 0.29) is 12.0 Å². The van der Waals surface area contributed by atoms with E-state index in [0.717, 1.165) is 4.47 Å². The summed E-state index contributed by atoms with van der Waals surface area (Å²) in [6.45, 7) is 1.04. The molecule has 0 bridgehead atoms. The smallest absolute Gasteiger partial charge is 0.255 e. The fourth-order valence-corrected chi connectivity index (χ4v) is 2.77. The van der Waals surface area contributed by atoms with Gasteiger partial charge in [-0.25, -0.2) is 4.98 Å². The second-order valence-corrected chi connectivity index (χ2v) is 6.40. The van der Waals surface area contributed by atoms with Crippen molar-refractivity contribution in [1.29, 1.82) is 0 Å². The van der Waals surface area contributed by atoms with Gasteiger partial charge in [-0.05, 0) is 40.2 Å². The first-order chi connectivity index (χ1) is 11.1. The maximum Gasteiger partial charge on any atom is 0.255 e. The third kappa shape index (κ3) is 3.59. The van der Waals surface area contributed by atoms with Gasteiger partial charge in [0.1, 0.15) is 11.9 Å². The van der Waals surface area contributed by atoms with Gasteiger partial charge in [0, 0.05) is 16.7 Å². The quantitative estimate of drug-likeness (QED) is 0.793. The van der Waals surface area contributed by atoms with Gasteiger partial charge in [-0.15, -0.1) is 0 Å². The largest absolute Gasteiger partial charge is 0.497 e. The van der Waals surface area contributed by atoms with Crippen LogP contribution in [0.4, 0.5) is 0 Å². The van der Waals surface area contributed by atoms with E-state index in [2.05, 4.69) is 20.9 Å². The summed E-state index contributed by atoms with van der Waals surface area (Å²) >= 11 is 9.18. The Morgan fingerprint density at radius 3 is 2.78 bits per heavy atom. The molecule has 0 unspecified atom stereocenters. The minimum Gasteiger partial charge on any atom is -0.497 e. The summed E-state index contributed by atoms with van der Waals surface area (Å²) in [5.41, 5.74) is 0.576. The zero-order valence-corrected chi connectivity index (χ0v) is 14.7. The zero-order valence-electron chi connectivity index (χ0n) is 12.3. The summed E-state index contributed by atoms with van der Waals surface area (Å²) in [6.07, 6.45) is 1.48. The van der Waals surface area contributed by atoms with Crippen LogP contribution in [0.2, 0.25) is 5.02 Å². The van der Waals surface area contributed by atoms with Crippen LogP contribution in [0.3, 0.4) is 0 Å². The Labute approximate surface area is 147 Å². The van der Waals surface area contributed by atoms with Crippen LogP contribution in [0.1, 0.15) is 10.4 Å². The second-order valence-electron chi connectivity index (χ2n) is 5.11. The van der Waals surface area contributed by atoms with E-state index in [1.807, 2.05) is 0 Å². The standard InChI is InChI=1S/C16H14BrClN2O3/c1-22-11-3-4-14(17)13(6-11)16(21)20-8-12(9-20)23-15-5-2-10(18)7-19-15/h2-7,12H,8-9H2,1H3. The predicted octanol–water partition coefficient (Wildman–Crippen LogP) is 3.41. The summed E-state index contributed by atoms with van der Waals surface area (Å²) < 4.78 is 11.6. The Kier molecular flexibility index (Phi) is 4.73. The Bertz CT molecular complexity index is 718. The van der Waals surface area contributed by atoms with E-state index >= 15 is 0 Å². The van der Waals surface area contributed by atoms with Crippen molar-refractivity contribution in [1.82, 2.24) is 9.88 Å². The monoisotopic (exact) mass is 396 g/mol. The molecule has 1 aliphatic heterocycles. The summed E-state index contributed by atoms with van der Waals surface area (Å²) in [6, 6.07) is 8.76. The molecule has 2 heterocycles. The number of hydrogen-bond donors (Lipinski definition) is 0. The first kappa shape index (κ1) is 16.1. The van der Waals surface area contributed by atoms with Crippen LogP contribution in [0.5, 0.6) is 11.6 Å². The molecule has 0 saturated carbocycles. The number of halogens is 2. The molecule has 0 spiro atoms. The Morgan fingerprint density at radius 2 is 2.13 bits per heavy atom. The topological polar surface area (TPSA) is 51.7 Å². The highest BCUT2D eigenvalue weighted by Gasteiger charge is 2.33. The lowest BCUT2D eigenvalue weighted by Crippen LogP contribution is -2.56. The summed E-state index contributed by atoms with van der Waals surface area (Å²) in [4.78, 5) is 18.3. The van der Waals surface area contributed by atoms with Crippen molar-refractivity contribution in [3.8, 4) is 11.6 Å². The van der Waals surface area contributed by atoms with Gasteiger partial charge in [-0.3, -0.25) is 4.79 Å². The molecule has 1 aromatic carbocycles. The average molecular weight is 398 g/mol. The van der Waals surface area contributed by atoms with Gasteiger partial charge in [-0.2, -0.15) is 0 Å². The minimum absolute atomic E-state index is 0.0558. The van der Waals surface area contributed by atoms with E-state index in [4.69, 9.17) is 21.1 Å². The lowest BCUT2D eigenvalue weighted by molar-refractivity contribution is 0.0159. The maximum absolute atomic E-state index is 12.5. The number of amides is 1. The Hall–Kier alpha value is -1.79. The molecule has 1 fully saturated rings. The first-order valence-electron chi connectivity index (χ1n) is 6.98. The molecule has 3 rings (SSSR count). The fourth-order valence-electron chi connectivity index (χ4n) is 2.25. The van der Waals surface area contributed by atoms with Crippen LogP contribution in [0.25, 0.3) is 0 Å². The Balaban J connectivity index is 1.60. The molecule has 1 saturated heterocycles. The third-order valence-electron chi connectivity index (χ3n) is 3.53. The van der Waals surface area contributed by atoms with Gasteiger partial charge in [0.2, 0.25) is 5.88 Å². The molecule has 23 heavy (non-hydrogen) atoms. The van der Waals surface area contributed by atoms with Gasteiger partial charge >= 0.3 is 0 Å². The number of pyridine rings is 1. The molecular weight excluding hydrogens is 384 g/mol. The third-order valence-corrected chi connectivity index (χ3v) is 4.44. The van der Waals surface area contributed by atoms with E-state index < -0.39 is 0 Å². The minimum atomic E-state index is -0.0583. The number of nitrogens with zero attached hydrogens (tertiary/aromatic N) is 2. The normalized spacial score (nSPS) is 14.3. The molecule has 0 aliphatic carbocycles. The summed E-state index contributed by atoms with van der Waals surface area (Å²) in [5.74, 6) is 1.10. The molecule has 2 aromatic rings. The Morgan fingerprint density at radius 1 is 1.35 bits per heavy atom. The predicted molar refractivity (Wildman–Crippen MR) is 90.3 cm³/mol. The molecule has 1 aliphatic rings. The van der Waals surface area contributed by atoms with Gasteiger partial charge in [0.05, 0.1) is 30.8 Å². The highest BCUT2D eigenvalue weighted by molar-refractivity contribution is 9.10. The molecule has 0 radical (unpaired) electrons. The van der Waals surface area contributed by atoms with E-state index in [1.165, 1.54) is 6.20 Å². The van der Waals surface area contributed by atoms with Crippen LogP contribution < -0.4 is 9.47 Å². The van der Waals surface area contributed by atoms with Crippen LogP contribution in [-0.4, -0.2) is 42.1 Å². The van der Waals surface area contributed by atoms with Crippen LogP contribution >= 0.6 is 27.5 Å². The van der Waals surface area contributed by atoms with Crippen molar-refractivity contribution in [2.45, 2.75) is 6.10 Å². The van der Waals surface area contributed by atoms with Crippen molar-refractivity contribution in [3.63, 3.8) is 0 Å². The highest BCUT2D eigenvalue weighted by atomic mass is 79.9. The van der Waals surface area contributed by atoms with Gasteiger partial charge in [0.15, 0.2) is 0 Å². The lowest BCUT2D eigenvalue weighted by atomic mass is 10.1. The SMILES string of the molecule is COc1ccc(Br)c(C(=O)N2CC(Oc3ccc(Cl)cn3)C2)c1. The fraction of sp³-hybridized carbons (Fsp3) is 0.250. The number of carbonyl (C=O) groups is 1. The first-order valence-corrected chi connectivity index (χ1v) is 8.15. The summed E-state index contributed by atoms with van der Waals surface area (Å²) in [5, 5.41) is 0.561. The summed E-state index contributed by atoms with van der Waals surface area (Å²) in [7, 11) is 1.57. The van der Waals surface area contributed by atoms with E-state index in [0.29, 0.717) is 35.3 Å². The van der Waals surface area contributed by atoms with Gasteiger partial charge in [0.25, 0.3) is 5.91 Å². The van der Waals surface area contributed by atoms with Gasteiger partial charge in [-0.1, -0.05) is 11.6 Å². The molecule has 5 nitrogen and oxygen atoms in total. The van der Waals surface area contributed by atoms with E-state index in [9.17, 15) is 4.79 Å². The molecule has 7 heteroatoms. The number of aromatic nitrogens is 1. The van der Waals surface area contributed by atoms with Gasteiger partial charge < -0.3 is 14.4 Å². The van der Waals surface area contributed by atoms with Crippen molar-refractivity contribution in [3.05, 3.63) is 51.6 Å². The lowest BCUT2D eigenvalue weighted by Gasteiger charge is -2.38. The number of methoxy groups -OCH3 is 1. The number of benzene rings is 1. The zero-order chi connectivity index (χ0) is 16.4. The number of likely N-dealkylation sites (tertiary alicyclic amines) is 1. The molecule has 1 aromatic heterocycles. The number of hydrogen-bond acceptors (Lipinski definition) is 4. The van der Waals surface area contributed by atoms with Crippen LogP contribution in [-0.2, 0) is 0 Å². The molecule has 0 N–H and O–H groups in total. The molecule has 0 atom stereocenters. The van der Waals surface area contributed by atoms with E-state index in [1.54, 1.807) is 42.3 Å². The molecule has 1 amide bonds. The number of carbonyl (C=O) groups excluding carboxylic acids is 1. The second kappa shape index (κ2) is 6.76. The van der Waals surface area contributed by atoms with Crippen LogP contribution in [0, 0.1) is 0 Å². The highest BCUT2D eigenvalue weighted by Crippen LogP contribution is 2.26. The van der Waals surface area contributed by atoms with Crippen molar-refractivity contribution < 1.29 is 14.3 Å². The average Bonchev–Trinajstić information content (AvgIpc) is 2.52. The van der Waals surface area contributed by atoms with Crippen molar-refractivity contribution >= 4 is 33.4 Å². The van der Waals surface area contributed by atoms with Crippen molar-refractivity contribution in [2.24, 2.45) is 0 Å². The molecular formula is C16H14BrClN2O3. The van der Waals surface area contributed by atoms with Crippen LogP contribution in [0.15, 0.2) is 41.0 Å². The number of ether oxygens (including phenoxy) is 2. The number of rotatable bonds is 4. The van der Waals surface area contributed by atoms with Crippen molar-refractivity contribution in [2.75, 3.05) is 20.2 Å². The molecule has 120 valence electrons. The maximum atomic E-state index is 12.5.